The molecule has 0 unspecified atom stereocenters. The standard InChI is InChI=1S/C22H34N4O3S/c1-22(2,3)21-23-19-15-18(24(4)30(27,28)25-11-5-6-12-25)7-8-20(19)26(21)16-17-9-13-29-14-10-17/h7-8,15,17H,5-6,9-14,16H2,1-4H3. The SMILES string of the molecule is CN(c1ccc2c(c1)nc(C(C)(C)C)n2CC1CCOCC1)S(=O)(=O)N1CCCC1. The quantitative estimate of drug-likeness (QED) is 0.722. The number of nitrogens with zero attached hydrogens (tertiary/aromatic N) is 4. The van der Waals surface area contributed by atoms with Crippen molar-refractivity contribution in [3.05, 3.63) is 24.0 Å². The molecule has 2 saturated heterocycles. The van der Waals surface area contributed by atoms with Gasteiger partial charge in [-0.15, -0.1) is 0 Å². The lowest BCUT2D eigenvalue weighted by atomic mass is 9.94. The summed E-state index contributed by atoms with van der Waals surface area (Å²) >= 11 is 0. The Morgan fingerprint density at radius 2 is 1.83 bits per heavy atom. The van der Waals surface area contributed by atoms with Crippen LogP contribution in [-0.4, -0.2) is 55.6 Å². The second-order valence-electron chi connectivity index (χ2n) is 9.61. The molecule has 4 rings (SSSR count). The Hall–Kier alpha value is -1.64. The normalized spacial score (nSPS) is 19.6. The van der Waals surface area contributed by atoms with Gasteiger partial charge < -0.3 is 9.30 Å². The van der Waals surface area contributed by atoms with Crippen molar-refractivity contribution in [2.75, 3.05) is 37.7 Å². The van der Waals surface area contributed by atoms with Crippen molar-refractivity contribution in [1.29, 1.82) is 0 Å². The second kappa shape index (κ2) is 8.13. The van der Waals surface area contributed by atoms with Gasteiger partial charge in [0, 0.05) is 45.3 Å². The highest BCUT2D eigenvalue weighted by atomic mass is 32.2. The zero-order valence-corrected chi connectivity index (χ0v) is 19.4. The highest BCUT2D eigenvalue weighted by molar-refractivity contribution is 7.90. The maximum Gasteiger partial charge on any atom is 0.303 e. The Labute approximate surface area is 180 Å². The van der Waals surface area contributed by atoms with E-state index in [-0.39, 0.29) is 5.41 Å². The van der Waals surface area contributed by atoms with Crippen molar-refractivity contribution in [3.8, 4) is 0 Å². The summed E-state index contributed by atoms with van der Waals surface area (Å²) in [6.07, 6.45) is 3.99. The van der Waals surface area contributed by atoms with Crippen molar-refractivity contribution >= 4 is 26.9 Å². The fourth-order valence-corrected chi connectivity index (χ4v) is 5.93. The molecule has 166 valence electrons. The van der Waals surface area contributed by atoms with E-state index in [1.165, 1.54) is 4.31 Å². The van der Waals surface area contributed by atoms with E-state index in [0.717, 1.165) is 62.3 Å². The minimum atomic E-state index is -3.50. The van der Waals surface area contributed by atoms with Crippen molar-refractivity contribution in [3.63, 3.8) is 0 Å². The number of imidazole rings is 1. The Balaban J connectivity index is 1.70. The molecule has 3 heterocycles. The summed E-state index contributed by atoms with van der Waals surface area (Å²) in [5.74, 6) is 1.63. The minimum absolute atomic E-state index is 0.0993. The Morgan fingerprint density at radius 3 is 2.47 bits per heavy atom. The average Bonchev–Trinajstić information content (AvgIpc) is 3.36. The van der Waals surface area contributed by atoms with Gasteiger partial charge in [-0.1, -0.05) is 20.8 Å². The summed E-state index contributed by atoms with van der Waals surface area (Å²) in [6, 6.07) is 5.85. The number of rotatable bonds is 5. The smallest absolute Gasteiger partial charge is 0.303 e. The van der Waals surface area contributed by atoms with Crippen molar-refractivity contribution in [2.24, 2.45) is 5.92 Å². The third-order valence-electron chi connectivity index (χ3n) is 6.29. The van der Waals surface area contributed by atoms with Gasteiger partial charge in [0.25, 0.3) is 0 Å². The van der Waals surface area contributed by atoms with E-state index in [2.05, 4.69) is 25.3 Å². The predicted molar refractivity (Wildman–Crippen MR) is 120 cm³/mol. The molecule has 0 atom stereocenters. The van der Waals surface area contributed by atoms with E-state index in [1.807, 2.05) is 18.2 Å². The fourth-order valence-electron chi connectivity index (χ4n) is 4.48. The topological polar surface area (TPSA) is 67.7 Å². The van der Waals surface area contributed by atoms with Gasteiger partial charge in [-0.25, -0.2) is 4.98 Å². The van der Waals surface area contributed by atoms with Crippen LogP contribution in [0.3, 0.4) is 0 Å². The van der Waals surface area contributed by atoms with E-state index in [4.69, 9.17) is 9.72 Å². The van der Waals surface area contributed by atoms with Crippen LogP contribution in [0.1, 0.15) is 52.3 Å². The van der Waals surface area contributed by atoms with Crippen molar-refractivity contribution in [2.45, 2.75) is 58.4 Å². The zero-order valence-electron chi connectivity index (χ0n) is 18.6. The summed E-state index contributed by atoms with van der Waals surface area (Å²) in [5, 5.41) is 0. The van der Waals surface area contributed by atoms with E-state index in [0.29, 0.717) is 24.7 Å². The molecule has 0 N–H and O–H groups in total. The highest BCUT2D eigenvalue weighted by Crippen LogP contribution is 2.32. The van der Waals surface area contributed by atoms with Crippen molar-refractivity contribution < 1.29 is 13.2 Å². The van der Waals surface area contributed by atoms with Crippen LogP contribution in [0, 0.1) is 5.92 Å². The molecule has 7 nitrogen and oxygen atoms in total. The Bertz CT molecular complexity index is 997. The van der Waals surface area contributed by atoms with E-state index < -0.39 is 10.2 Å². The van der Waals surface area contributed by atoms with Crippen LogP contribution in [0.25, 0.3) is 11.0 Å². The molecule has 1 aromatic carbocycles. The van der Waals surface area contributed by atoms with Gasteiger partial charge >= 0.3 is 10.2 Å². The summed E-state index contributed by atoms with van der Waals surface area (Å²) < 4.78 is 36.8. The van der Waals surface area contributed by atoms with Crippen LogP contribution < -0.4 is 4.31 Å². The number of aromatic nitrogens is 2. The minimum Gasteiger partial charge on any atom is -0.381 e. The Morgan fingerprint density at radius 1 is 1.17 bits per heavy atom. The molecule has 0 amide bonds. The highest BCUT2D eigenvalue weighted by Gasteiger charge is 2.30. The number of anilines is 1. The number of hydrogen-bond acceptors (Lipinski definition) is 4. The van der Waals surface area contributed by atoms with Crippen LogP contribution in [0.2, 0.25) is 0 Å². The number of ether oxygens (including phenoxy) is 1. The summed E-state index contributed by atoms with van der Waals surface area (Å²) in [6.45, 7) is 10.3. The van der Waals surface area contributed by atoms with Gasteiger partial charge in [0.2, 0.25) is 0 Å². The molecule has 2 aliphatic heterocycles. The van der Waals surface area contributed by atoms with Gasteiger partial charge in [0.15, 0.2) is 0 Å². The lowest BCUT2D eigenvalue weighted by molar-refractivity contribution is 0.0611. The lowest BCUT2D eigenvalue weighted by Gasteiger charge is -2.26. The van der Waals surface area contributed by atoms with E-state index >= 15 is 0 Å². The summed E-state index contributed by atoms with van der Waals surface area (Å²) in [4.78, 5) is 4.97. The van der Waals surface area contributed by atoms with Gasteiger partial charge in [-0.3, -0.25) is 4.31 Å². The molecule has 2 fully saturated rings. The average molecular weight is 435 g/mol. The molecule has 8 heteroatoms. The van der Waals surface area contributed by atoms with Crippen LogP contribution in [0.4, 0.5) is 5.69 Å². The van der Waals surface area contributed by atoms with E-state index in [1.54, 1.807) is 11.4 Å². The van der Waals surface area contributed by atoms with Gasteiger partial charge in [0.1, 0.15) is 5.82 Å². The molecule has 0 bridgehead atoms. The number of benzene rings is 1. The maximum atomic E-state index is 13.0. The maximum absolute atomic E-state index is 13.0. The molecule has 30 heavy (non-hydrogen) atoms. The molecule has 0 spiro atoms. The molecule has 2 aliphatic rings. The molecular weight excluding hydrogens is 400 g/mol. The second-order valence-corrected chi connectivity index (χ2v) is 11.6. The summed E-state index contributed by atoms with van der Waals surface area (Å²) in [7, 11) is -1.86. The van der Waals surface area contributed by atoms with Gasteiger partial charge in [-0.2, -0.15) is 12.7 Å². The third-order valence-corrected chi connectivity index (χ3v) is 8.21. The Kier molecular flexibility index (Phi) is 5.85. The van der Waals surface area contributed by atoms with Crippen molar-refractivity contribution in [1.82, 2.24) is 13.9 Å². The van der Waals surface area contributed by atoms with Crippen LogP contribution in [-0.2, 0) is 26.9 Å². The third kappa shape index (κ3) is 4.09. The number of hydrogen-bond donors (Lipinski definition) is 0. The molecule has 0 aliphatic carbocycles. The summed E-state index contributed by atoms with van der Waals surface area (Å²) in [5.41, 5.74) is 2.48. The molecule has 0 saturated carbocycles. The first kappa shape index (κ1) is 21.6. The molecule has 0 radical (unpaired) electrons. The zero-order chi connectivity index (χ0) is 21.5. The molecule has 1 aromatic heterocycles. The lowest BCUT2D eigenvalue weighted by Crippen LogP contribution is -2.40. The largest absolute Gasteiger partial charge is 0.381 e. The van der Waals surface area contributed by atoms with Crippen LogP contribution >= 0.6 is 0 Å². The predicted octanol–water partition coefficient (Wildman–Crippen LogP) is 3.54. The van der Waals surface area contributed by atoms with Gasteiger partial charge in [-0.05, 0) is 49.8 Å². The monoisotopic (exact) mass is 434 g/mol. The molecule has 2 aromatic rings. The van der Waals surface area contributed by atoms with E-state index in [9.17, 15) is 8.42 Å². The fraction of sp³-hybridized carbons (Fsp3) is 0.682. The first-order valence-corrected chi connectivity index (χ1v) is 12.4. The number of fused-ring (bicyclic) bond motifs is 1. The van der Waals surface area contributed by atoms with Crippen LogP contribution in [0.15, 0.2) is 18.2 Å². The van der Waals surface area contributed by atoms with Gasteiger partial charge in [0.05, 0.1) is 16.7 Å². The van der Waals surface area contributed by atoms with Crippen LogP contribution in [0.5, 0.6) is 0 Å². The molecular formula is C22H34N4O3S. The first-order valence-electron chi connectivity index (χ1n) is 11.0. The first-order chi connectivity index (χ1) is 14.2.